The fraction of sp³-hybridized carbons (Fsp3) is 0.500. The van der Waals surface area contributed by atoms with Crippen molar-refractivity contribution < 1.29 is 13.0 Å². The van der Waals surface area contributed by atoms with Crippen molar-refractivity contribution in [1.82, 2.24) is 0 Å². The summed E-state index contributed by atoms with van der Waals surface area (Å²) in [6, 6.07) is 0. The maximum Gasteiger partial charge on any atom is 0.173 e. The molecule has 0 N–H and O–H groups in total. The van der Waals surface area contributed by atoms with E-state index in [-0.39, 0.29) is 0 Å². The lowest BCUT2D eigenvalue weighted by atomic mass is 11.3. The first-order chi connectivity index (χ1) is 3.92. The second-order valence-electron chi connectivity index (χ2n) is 1.60. The largest absolute Gasteiger partial charge is 0.612 e. The van der Waals surface area contributed by atoms with Crippen LogP contribution < -0.4 is 0 Å². The van der Waals surface area contributed by atoms with E-state index >= 15 is 0 Å². The zero-order valence-electron chi connectivity index (χ0n) is 5.20. The molecular weight excluding hydrogens is 160 g/mol. The van der Waals surface area contributed by atoms with E-state index in [1.165, 1.54) is 6.26 Å². The van der Waals surface area contributed by atoms with Crippen LogP contribution in [0.2, 0.25) is 0 Å². The second kappa shape index (κ2) is 3.24. The fourth-order valence-corrected chi connectivity index (χ4v) is 1.61. The summed E-state index contributed by atoms with van der Waals surface area (Å²) < 4.78 is 30.9. The predicted molar refractivity (Wildman–Crippen MR) is 38.1 cm³/mol. The number of hydrogen-bond acceptors (Lipinski definition) is 3. The Labute approximate surface area is 57.9 Å². The number of rotatable bonds is 2. The van der Waals surface area contributed by atoms with Crippen LogP contribution >= 0.6 is 0 Å². The van der Waals surface area contributed by atoms with Crippen LogP contribution in [-0.2, 0) is 21.0 Å². The minimum atomic E-state index is -3.09. The third kappa shape index (κ3) is 8.00. The molecule has 0 aliphatic heterocycles. The van der Waals surface area contributed by atoms with Gasteiger partial charge in [0, 0.05) is 6.26 Å². The van der Waals surface area contributed by atoms with Crippen LogP contribution in [-0.4, -0.2) is 25.5 Å². The second-order valence-corrected chi connectivity index (χ2v) is 4.80. The summed E-state index contributed by atoms with van der Waals surface area (Å²) in [4.78, 5) is 0. The number of sulfone groups is 1. The Morgan fingerprint density at radius 2 is 2.00 bits per heavy atom. The van der Waals surface area contributed by atoms with Gasteiger partial charge in [0.15, 0.2) is 9.84 Å². The summed E-state index contributed by atoms with van der Waals surface area (Å²) in [6.45, 7) is 0. The molecule has 0 saturated carbocycles. The average molecular weight is 168 g/mol. The van der Waals surface area contributed by atoms with Crippen molar-refractivity contribution in [2.24, 2.45) is 0 Å². The standard InChI is InChI=1S/C4H8O3S2/c1-8(5)3-4-9(2,6)7/h3-4H,1-2H3/b4-3+. The van der Waals surface area contributed by atoms with Crippen molar-refractivity contribution in [2.75, 3.05) is 12.5 Å². The maximum atomic E-state index is 10.3. The van der Waals surface area contributed by atoms with Crippen LogP contribution in [0.1, 0.15) is 0 Å². The molecule has 0 aromatic heterocycles. The molecule has 0 bridgehead atoms. The minimum absolute atomic E-state index is 0.934. The van der Waals surface area contributed by atoms with Gasteiger partial charge < -0.3 is 4.55 Å². The molecule has 9 heavy (non-hydrogen) atoms. The molecule has 0 aliphatic rings. The van der Waals surface area contributed by atoms with Gasteiger partial charge in [0.1, 0.15) is 5.41 Å². The molecule has 54 valence electrons. The highest BCUT2D eigenvalue weighted by Crippen LogP contribution is 1.90. The van der Waals surface area contributed by atoms with Gasteiger partial charge in [0.05, 0.1) is 11.7 Å². The van der Waals surface area contributed by atoms with Gasteiger partial charge in [-0.25, -0.2) is 8.42 Å². The summed E-state index contributed by atoms with van der Waals surface area (Å²) in [5.74, 6) is 0. The minimum Gasteiger partial charge on any atom is -0.612 e. The lowest BCUT2D eigenvalue weighted by Crippen LogP contribution is -1.93. The topological polar surface area (TPSA) is 57.2 Å². The molecule has 0 aromatic carbocycles. The van der Waals surface area contributed by atoms with E-state index in [0.717, 1.165) is 17.1 Å². The third-order valence-corrected chi connectivity index (χ3v) is 1.82. The highest BCUT2D eigenvalue weighted by molar-refractivity contribution is 7.97. The van der Waals surface area contributed by atoms with E-state index in [1.807, 2.05) is 0 Å². The lowest BCUT2D eigenvalue weighted by molar-refractivity contribution is 0.606. The van der Waals surface area contributed by atoms with Crippen molar-refractivity contribution in [1.29, 1.82) is 0 Å². The van der Waals surface area contributed by atoms with Gasteiger partial charge in [-0.2, -0.15) is 0 Å². The Morgan fingerprint density at radius 1 is 1.56 bits per heavy atom. The molecule has 3 nitrogen and oxygen atoms in total. The molecule has 0 aromatic rings. The van der Waals surface area contributed by atoms with Crippen LogP contribution in [0.3, 0.4) is 0 Å². The van der Waals surface area contributed by atoms with Gasteiger partial charge >= 0.3 is 0 Å². The van der Waals surface area contributed by atoms with Gasteiger partial charge in [-0.1, -0.05) is 0 Å². The molecule has 0 amide bonds. The van der Waals surface area contributed by atoms with Crippen LogP contribution in [0.15, 0.2) is 10.8 Å². The van der Waals surface area contributed by atoms with Crippen molar-refractivity contribution in [3.63, 3.8) is 0 Å². The van der Waals surface area contributed by atoms with E-state index in [1.54, 1.807) is 0 Å². The molecule has 0 heterocycles. The normalized spacial score (nSPS) is 16.3. The van der Waals surface area contributed by atoms with E-state index < -0.39 is 21.0 Å². The molecule has 1 atom stereocenters. The quantitative estimate of drug-likeness (QED) is 0.540. The molecule has 5 heteroatoms. The highest BCUT2D eigenvalue weighted by atomic mass is 32.2. The van der Waals surface area contributed by atoms with E-state index in [0.29, 0.717) is 0 Å². The van der Waals surface area contributed by atoms with E-state index in [4.69, 9.17) is 0 Å². The zero-order valence-corrected chi connectivity index (χ0v) is 6.83. The molecule has 0 saturated heterocycles. The van der Waals surface area contributed by atoms with Gasteiger partial charge in [0.2, 0.25) is 0 Å². The Bertz CT molecular complexity index is 190. The van der Waals surface area contributed by atoms with Crippen molar-refractivity contribution in [2.45, 2.75) is 0 Å². The molecule has 0 rings (SSSR count). The number of hydrogen-bond donors (Lipinski definition) is 0. The Morgan fingerprint density at radius 3 is 2.11 bits per heavy atom. The smallest absolute Gasteiger partial charge is 0.173 e. The summed E-state index contributed by atoms with van der Waals surface area (Å²) in [7, 11) is -3.09. The van der Waals surface area contributed by atoms with Crippen LogP contribution in [0.4, 0.5) is 0 Å². The molecule has 0 radical (unpaired) electrons. The highest BCUT2D eigenvalue weighted by Gasteiger charge is 1.95. The molecule has 0 fully saturated rings. The van der Waals surface area contributed by atoms with Gasteiger partial charge in [-0.15, -0.1) is 0 Å². The van der Waals surface area contributed by atoms with Gasteiger partial charge in [-0.3, -0.25) is 0 Å². The molecule has 1 unspecified atom stereocenters. The summed E-state index contributed by atoms with van der Waals surface area (Å²) in [5, 5.41) is 2.07. The Kier molecular flexibility index (Phi) is 3.24. The first kappa shape index (κ1) is 9.00. The van der Waals surface area contributed by atoms with Crippen LogP contribution in [0, 0.1) is 0 Å². The Hall–Kier alpha value is -0.0000000000000000555. The van der Waals surface area contributed by atoms with Crippen LogP contribution in [0.25, 0.3) is 0 Å². The average Bonchev–Trinajstić information content (AvgIpc) is 1.59. The van der Waals surface area contributed by atoms with Crippen molar-refractivity contribution in [3.8, 4) is 0 Å². The fourth-order valence-electron chi connectivity index (χ4n) is 0.179. The van der Waals surface area contributed by atoms with Gasteiger partial charge in [-0.05, 0) is 11.2 Å². The molecule has 0 spiro atoms. The summed E-state index contributed by atoms with van der Waals surface area (Å²) in [5.41, 5.74) is 0. The van der Waals surface area contributed by atoms with Crippen molar-refractivity contribution in [3.05, 3.63) is 10.8 Å². The van der Waals surface area contributed by atoms with Crippen LogP contribution in [0.5, 0.6) is 0 Å². The maximum absolute atomic E-state index is 10.3. The SMILES string of the molecule is C[S+]([O-])/C=C/S(C)(=O)=O. The van der Waals surface area contributed by atoms with Crippen molar-refractivity contribution >= 4 is 21.0 Å². The molecular formula is C4H8O3S2. The zero-order chi connectivity index (χ0) is 7.49. The monoisotopic (exact) mass is 168 g/mol. The first-order valence-corrected chi connectivity index (χ1v) is 5.70. The first-order valence-electron chi connectivity index (χ1n) is 2.12. The third-order valence-electron chi connectivity index (χ3n) is 0.494. The lowest BCUT2D eigenvalue weighted by Gasteiger charge is -1.92. The molecule has 0 aliphatic carbocycles. The summed E-state index contributed by atoms with van der Waals surface area (Å²) in [6.07, 6.45) is 2.46. The Balaban J connectivity index is 4.03. The summed E-state index contributed by atoms with van der Waals surface area (Å²) >= 11 is -1.17. The van der Waals surface area contributed by atoms with E-state index in [9.17, 15) is 13.0 Å². The predicted octanol–water partition coefficient (Wildman–Crippen LogP) is -0.119. The van der Waals surface area contributed by atoms with Gasteiger partial charge in [0.25, 0.3) is 0 Å². The van der Waals surface area contributed by atoms with E-state index in [2.05, 4.69) is 0 Å².